The van der Waals surface area contributed by atoms with Gasteiger partial charge >= 0.3 is 0 Å². The second kappa shape index (κ2) is 7.70. The van der Waals surface area contributed by atoms with Crippen molar-refractivity contribution in [3.05, 3.63) is 52.0 Å². The fourth-order valence-electron chi connectivity index (χ4n) is 2.97. The zero-order valence-corrected chi connectivity index (χ0v) is 18.8. The molecule has 29 heavy (non-hydrogen) atoms. The van der Waals surface area contributed by atoms with Crippen molar-refractivity contribution in [2.75, 3.05) is 22.4 Å². The lowest BCUT2D eigenvalue weighted by atomic mass is 9.86. The summed E-state index contributed by atoms with van der Waals surface area (Å²) in [5, 5.41) is 3.35. The van der Waals surface area contributed by atoms with E-state index in [1.807, 2.05) is 26.8 Å². The minimum atomic E-state index is -3.62. The molecule has 1 heterocycles. The van der Waals surface area contributed by atoms with Gasteiger partial charge in [-0.1, -0.05) is 50.0 Å². The van der Waals surface area contributed by atoms with Crippen LogP contribution in [0.15, 0.2) is 36.4 Å². The smallest absolute Gasteiger partial charge is 0.267 e. The molecule has 6 nitrogen and oxygen atoms in total. The second-order valence-electron chi connectivity index (χ2n) is 7.95. The van der Waals surface area contributed by atoms with E-state index in [4.69, 9.17) is 27.9 Å². The molecule has 2 aromatic carbocycles. The lowest BCUT2D eigenvalue weighted by Crippen LogP contribution is -2.48. The highest BCUT2D eigenvalue weighted by atomic mass is 35.5. The van der Waals surface area contributed by atoms with E-state index < -0.39 is 22.0 Å². The van der Waals surface area contributed by atoms with E-state index in [1.165, 1.54) is 10.4 Å². The summed E-state index contributed by atoms with van der Waals surface area (Å²) in [6.45, 7) is 5.98. The lowest BCUT2D eigenvalue weighted by molar-refractivity contribution is -0.122. The molecule has 3 rings (SSSR count). The number of anilines is 2. The first kappa shape index (κ1) is 21.7. The number of halogens is 2. The first-order valence-corrected chi connectivity index (χ1v) is 11.5. The number of carbonyl (C=O) groups is 1. The third-order valence-electron chi connectivity index (χ3n) is 4.57. The number of sulfonamides is 1. The fourth-order valence-corrected chi connectivity index (χ4v) is 4.17. The summed E-state index contributed by atoms with van der Waals surface area (Å²) < 4.78 is 31.9. The average molecular weight is 457 g/mol. The van der Waals surface area contributed by atoms with Crippen LogP contribution in [-0.4, -0.2) is 33.2 Å². The number of nitrogens with zero attached hydrogens (tertiary/aromatic N) is 1. The van der Waals surface area contributed by atoms with Crippen molar-refractivity contribution >= 4 is 50.5 Å². The molecule has 0 saturated heterocycles. The number of amides is 1. The number of nitrogens with one attached hydrogen (secondary N) is 1. The van der Waals surface area contributed by atoms with Crippen LogP contribution in [-0.2, 0) is 20.2 Å². The van der Waals surface area contributed by atoms with Gasteiger partial charge in [0, 0.05) is 5.69 Å². The predicted octanol–water partition coefficient (Wildman–Crippen LogP) is 4.46. The normalized spacial score (nSPS) is 16.8. The number of ether oxygens (including phenoxy) is 1. The van der Waals surface area contributed by atoms with Gasteiger partial charge in [-0.25, -0.2) is 8.42 Å². The van der Waals surface area contributed by atoms with Crippen molar-refractivity contribution in [3.8, 4) is 5.75 Å². The van der Waals surface area contributed by atoms with Crippen LogP contribution in [0.2, 0.25) is 10.0 Å². The van der Waals surface area contributed by atoms with Crippen LogP contribution in [0.5, 0.6) is 5.75 Å². The highest BCUT2D eigenvalue weighted by molar-refractivity contribution is 7.92. The van der Waals surface area contributed by atoms with E-state index in [-0.39, 0.29) is 12.0 Å². The first-order chi connectivity index (χ1) is 13.4. The van der Waals surface area contributed by atoms with Crippen LogP contribution < -0.4 is 14.4 Å². The molecule has 2 aromatic rings. The molecule has 1 amide bonds. The molecule has 1 aliphatic rings. The molecular formula is C20H22Cl2N2O4S. The number of carbonyl (C=O) groups excluding carboxylic acids is 1. The Morgan fingerprint density at radius 1 is 1.14 bits per heavy atom. The summed E-state index contributed by atoms with van der Waals surface area (Å²) in [5.74, 6) is -0.147. The van der Waals surface area contributed by atoms with Gasteiger partial charge in [0.1, 0.15) is 5.75 Å². The molecule has 1 unspecified atom stereocenters. The molecule has 156 valence electrons. The Morgan fingerprint density at radius 2 is 1.83 bits per heavy atom. The van der Waals surface area contributed by atoms with Gasteiger partial charge in [-0.15, -0.1) is 0 Å². The highest BCUT2D eigenvalue weighted by Crippen LogP contribution is 2.38. The van der Waals surface area contributed by atoms with Gasteiger partial charge in [0.05, 0.1) is 28.5 Å². The number of rotatable bonds is 3. The molecule has 1 aliphatic heterocycles. The second-order valence-corrected chi connectivity index (χ2v) is 10.7. The summed E-state index contributed by atoms with van der Waals surface area (Å²) in [7, 11) is -3.62. The molecule has 0 aromatic heterocycles. The van der Waals surface area contributed by atoms with E-state index in [1.54, 1.807) is 24.3 Å². The molecule has 0 bridgehead atoms. The van der Waals surface area contributed by atoms with Crippen molar-refractivity contribution in [2.24, 2.45) is 0 Å². The Hall–Kier alpha value is -1.96. The van der Waals surface area contributed by atoms with Crippen molar-refractivity contribution in [1.29, 1.82) is 0 Å². The SMILES string of the molecule is CC(C)(C)c1ccc2c(c1)N(S(C)(=O)=O)CC(C(=O)Nc1ccc(Cl)c(Cl)c1)O2. The molecule has 0 radical (unpaired) electrons. The summed E-state index contributed by atoms with van der Waals surface area (Å²) in [4.78, 5) is 12.7. The van der Waals surface area contributed by atoms with E-state index in [2.05, 4.69) is 5.32 Å². The third-order valence-corrected chi connectivity index (χ3v) is 6.46. The van der Waals surface area contributed by atoms with Crippen LogP contribution in [0.3, 0.4) is 0 Å². The van der Waals surface area contributed by atoms with Gasteiger partial charge < -0.3 is 10.1 Å². The van der Waals surface area contributed by atoms with Crippen molar-refractivity contribution in [3.63, 3.8) is 0 Å². The summed E-state index contributed by atoms with van der Waals surface area (Å²) >= 11 is 11.9. The molecule has 0 saturated carbocycles. The van der Waals surface area contributed by atoms with Crippen LogP contribution >= 0.6 is 23.2 Å². The van der Waals surface area contributed by atoms with Gasteiger partial charge in [0.15, 0.2) is 6.10 Å². The molecule has 0 fully saturated rings. The lowest BCUT2D eigenvalue weighted by Gasteiger charge is -2.35. The zero-order chi connectivity index (χ0) is 21.6. The summed E-state index contributed by atoms with van der Waals surface area (Å²) in [5.41, 5.74) is 1.67. The van der Waals surface area contributed by atoms with Gasteiger partial charge in [-0.05, 0) is 41.3 Å². The summed E-state index contributed by atoms with van der Waals surface area (Å²) in [6, 6.07) is 10.1. The van der Waals surface area contributed by atoms with Gasteiger partial charge in [-0.3, -0.25) is 9.10 Å². The van der Waals surface area contributed by atoms with Crippen LogP contribution in [0.4, 0.5) is 11.4 Å². The predicted molar refractivity (Wildman–Crippen MR) is 117 cm³/mol. The Morgan fingerprint density at radius 3 is 2.41 bits per heavy atom. The van der Waals surface area contributed by atoms with E-state index >= 15 is 0 Å². The standard InChI is InChI=1S/C20H22Cl2N2O4S/c1-20(2,3)12-5-8-17-16(9-12)24(29(4,26)27)11-18(28-17)19(25)23-13-6-7-14(21)15(22)10-13/h5-10,18H,11H2,1-4H3,(H,23,25). The molecule has 0 spiro atoms. The first-order valence-electron chi connectivity index (χ1n) is 8.91. The maximum atomic E-state index is 12.7. The molecule has 1 atom stereocenters. The van der Waals surface area contributed by atoms with Crippen molar-refractivity contribution in [2.45, 2.75) is 32.3 Å². The zero-order valence-electron chi connectivity index (χ0n) is 16.5. The van der Waals surface area contributed by atoms with Gasteiger partial charge in [0.25, 0.3) is 5.91 Å². The van der Waals surface area contributed by atoms with E-state index in [0.29, 0.717) is 27.2 Å². The van der Waals surface area contributed by atoms with Crippen molar-refractivity contribution < 1.29 is 17.9 Å². The fraction of sp³-hybridized carbons (Fsp3) is 0.350. The molecule has 9 heteroatoms. The number of fused-ring (bicyclic) bond motifs is 1. The van der Waals surface area contributed by atoms with Gasteiger partial charge in [0.2, 0.25) is 10.0 Å². The minimum absolute atomic E-state index is 0.132. The van der Waals surface area contributed by atoms with Gasteiger partial charge in [-0.2, -0.15) is 0 Å². The minimum Gasteiger partial charge on any atom is -0.476 e. The summed E-state index contributed by atoms with van der Waals surface area (Å²) in [6.07, 6.45) is 0.0898. The Balaban J connectivity index is 1.92. The molecule has 0 aliphatic carbocycles. The van der Waals surface area contributed by atoms with E-state index in [0.717, 1.165) is 11.8 Å². The number of hydrogen-bond acceptors (Lipinski definition) is 4. The largest absolute Gasteiger partial charge is 0.476 e. The van der Waals surface area contributed by atoms with Crippen molar-refractivity contribution in [1.82, 2.24) is 0 Å². The highest BCUT2D eigenvalue weighted by Gasteiger charge is 2.36. The quantitative estimate of drug-likeness (QED) is 0.739. The molecule has 1 N–H and O–H groups in total. The number of benzene rings is 2. The van der Waals surface area contributed by atoms with E-state index in [9.17, 15) is 13.2 Å². The Bertz CT molecular complexity index is 1060. The third kappa shape index (κ3) is 4.79. The monoisotopic (exact) mass is 456 g/mol. The maximum absolute atomic E-state index is 12.7. The van der Waals surface area contributed by atoms with Crippen LogP contribution in [0.1, 0.15) is 26.3 Å². The Kier molecular flexibility index (Phi) is 5.77. The number of hydrogen-bond donors (Lipinski definition) is 1. The topological polar surface area (TPSA) is 75.7 Å². The van der Waals surface area contributed by atoms with Crippen LogP contribution in [0, 0.1) is 0 Å². The average Bonchev–Trinajstić information content (AvgIpc) is 2.61. The Labute approximate surface area is 180 Å². The van der Waals surface area contributed by atoms with Crippen LogP contribution in [0.25, 0.3) is 0 Å². The maximum Gasteiger partial charge on any atom is 0.267 e. The molecular weight excluding hydrogens is 435 g/mol.